The molecule has 1 aliphatic carbocycles. The molecular weight excluding hydrogens is 296 g/mol. The van der Waals surface area contributed by atoms with Crippen molar-refractivity contribution in [2.24, 2.45) is 11.8 Å². The van der Waals surface area contributed by atoms with Crippen molar-refractivity contribution in [1.82, 2.24) is 0 Å². The van der Waals surface area contributed by atoms with E-state index in [9.17, 15) is 0 Å². The minimum absolute atomic E-state index is 0.395. The van der Waals surface area contributed by atoms with E-state index in [0.717, 1.165) is 24.7 Å². The number of hydrogen-bond acceptors (Lipinski definition) is 6. The van der Waals surface area contributed by atoms with Crippen LogP contribution < -0.4 is 0 Å². The molecule has 0 aromatic heterocycles. The number of thiol groups is 2. The van der Waals surface area contributed by atoms with Crippen LogP contribution in [0.15, 0.2) is 0 Å². The standard InChI is InChI=1S/C14H28O4S2/c19-7-5-15-11-17-9-13-1-2-14(4-3-13)10-18-12-16-6-8-20/h13-14,19-20H,1-12H2. The fourth-order valence-electron chi connectivity index (χ4n) is 2.36. The van der Waals surface area contributed by atoms with Crippen molar-refractivity contribution >= 4 is 25.3 Å². The summed E-state index contributed by atoms with van der Waals surface area (Å²) in [6, 6.07) is 0. The third-order valence-electron chi connectivity index (χ3n) is 3.48. The molecule has 0 aromatic rings. The second kappa shape index (κ2) is 13.2. The molecule has 120 valence electrons. The predicted octanol–water partition coefficient (Wildman–Crippen LogP) is 2.63. The normalized spacial score (nSPS) is 23.1. The van der Waals surface area contributed by atoms with Crippen LogP contribution in [0.2, 0.25) is 0 Å². The van der Waals surface area contributed by atoms with Crippen LogP contribution in [0.4, 0.5) is 0 Å². The summed E-state index contributed by atoms with van der Waals surface area (Å²) in [5.74, 6) is 2.83. The maximum Gasteiger partial charge on any atom is 0.146 e. The Morgan fingerprint density at radius 2 is 1.05 bits per heavy atom. The average Bonchev–Trinajstić information content (AvgIpc) is 2.48. The maximum absolute atomic E-state index is 5.52. The molecule has 1 aliphatic rings. The van der Waals surface area contributed by atoms with Crippen molar-refractivity contribution in [3.63, 3.8) is 0 Å². The van der Waals surface area contributed by atoms with Gasteiger partial charge in [-0.15, -0.1) is 0 Å². The summed E-state index contributed by atoms with van der Waals surface area (Å²) in [5, 5.41) is 0. The van der Waals surface area contributed by atoms with Crippen molar-refractivity contribution in [3.05, 3.63) is 0 Å². The van der Waals surface area contributed by atoms with Crippen molar-refractivity contribution in [2.75, 3.05) is 51.5 Å². The highest BCUT2D eigenvalue weighted by Gasteiger charge is 2.21. The minimum Gasteiger partial charge on any atom is -0.355 e. The zero-order chi connectivity index (χ0) is 14.5. The molecule has 0 unspecified atom stereocenters. The van der Waals surface area contributed by atoms with Crippen LogP contribution in [-0.4, -0.2) is 51.5 Å². The molecule has 0 saturated heterocycles. The molecule has 0 spiro atoms. The van der Waals surface area contributed by atoms with Crippen LogP contribution in [0, 0.1) is 11.8 Å². The van der Waals surface area contributed by atoms with Crippen LogP contribution in [0.3, 0.4) is 0 Å². The van der Waals surface area contributed by atoms with E-state index in [1.807, 2.05) is 0 Å². The fraction of sp³-hybridized carbons (Fsp3) is 1.00. The molecule has 20 heavy (non-hydrogen) atoms. The van der Waals surface area contributed by atoms with Gasteiger partial charge in [-0.1, -0.05) is 0 Å². The summed E-state index contributed by atoms with van der Waals surface area (Å²) in [5.41, 5.74) is 0. The smallest absolute Gasteiger partial charge is 0.146 e. The molecule has 4 nitrogen and oxygen atoms in total. The molecular formula is C14H28O4S2. The minimum atomic E-state index is 0.395. The first-order chi connectivity index (χ1) is 9.86. The highest BCUT2D eigenvalue weighted by molar-refractivity contribution is 7.80. The summed E-state index contributed by atoms with van der Waals surface area (Å²) in [6.07, 6.45) is 4.88. The Morgan fingerprint density at radius 1 is 0.650 bits per heavy atom. The highest BCUT2D eigenvalue weighted by atomic mass is 32.1. The third kappa shape index (κ3) is 9.47. The van der Waals surface area contributed by atoms with Crippen molar-refractivity contribution in [2.45, 2.75) is 25.7 Å². The first kappa shape index (κ1) is 18.6. The molecule has 1 saturated carbocycles. The van der Waals surface area contributed by atoms with Crippen molar-refractivity contribution in [3.8, 4) is 0 Å². The van der Waals surface area contributed by atoms with E-state index < -0.39 is 0 Å². The molecule has 1 rings (SSSR count). The Morgan fingerprint density at radius 3 is 1.40 bits per heavy atom. The van der Waals surface area contributed by atoms with E-state index in [1.165, 1.54) is 25.7 Å². The largest absolute Gasteiger partial charge is 0.355 e. The Bertz CT molecular complexity index is 189. The first-order valence-electron chi connectivity index (χ1n) is 7.39. The molecule has 0 radical (unpaired) electrons. The van der Waals surface area contributed by atoms with Crippen LogP contribution in [0.1, 0.15) is 25.7 Å². The van der Waals surface area contributed by atoms with E-state index in [1.54, 1.807) is 0 Å². The van der Waals surface area contributed by atoms with Gasteiger partial charge in [0.2, 0.25) is 0 Å². The summed E-state index contributed by atoms with van der Waals surface area (Å²) >= 11 is 8.15. The second-order valence-corrected chi connectivity index (χ2v) is 6.02. The summed E-state index contributed by atoms with van der Waals surface area (Å²) in [7, 11) is 0. The van der Waals surface area contributed by atoms with Gasteiger partial charge < -0.3 is 18.9 Å². The third-order valence-corrected chi connectivity index (χ3v) is 3.84. The Balaban J connectivity index is 1.91. The van der Waals surface area contributed by atoms with Crippen LogP contribution >= 0.6 is 25.3 Å². The van der Waals surface area contributed by atoms with Gasteiger partial charge in [-0.25, -0.2) is 0 Å². The van der Waals surface area contributed by atoms with E-state index in [0.29, 0.717) is 38.6 Å². The van der Waals surface area contributed by atoms with Gasteiger partial charge in [0.25, 0.3) is 0 Å². The van der Waals surface area contributed by atoms with Gasteiger partial charge in [-0.05, 0) is 37.5 Å². The molecule has 6 heteroatoms. The van der Waals surface area contributed by atoms with Gasteiger partial charge in [-0.2, -0.15) is 25.3 Å². The lowest BCUT2D eigenvalue weighted by molar-refractivity contribution is -0.0746. The molecule has 1 fully saturated rings. The maximum atomic E-state index is 5.52. The Kier molecular flexibility index (Phi) is 12.3. The number of hydrogen-bond donors (Lipinski definition) is 2. The number of rotatable bonds is 12. The van der Waals surface area contributed by atoms with Gasteiger partial charge in [0.15, 0.2) is 0 Å². The van der Waals surface area contributed by atoms with E-state index in [-0.39, 0.29) is 0 Å². The van der Waals surface area contributed by atoms with Crippen LogP contribution in [-0.2, 0) is 18.9 Å². The van der Waals surface area contributed by atoms with Gasteiger partial charge in [0, 0.05) is 11.5 Å². The van der Waals surface area contributed by atoms with Gasteiger partial charge >= 0.3 is 0 Å². The quantitative estimate of drug-likeness (QED) is 0.329. The SMILES string of the molecule is SCCOCOCC1CCC(COCOCCS)CC1. The zero-order valence-corrected chi connectivity index (χ0v) is 14.0. The van der Waals surface area contributed by atoms with Crippen molar-refractivity contribution < 1.29 is 18.9 Å². The molecule has 0 amide bonds. The molecule has 0 aliphatic heterocycles. The summed E-state index contributed by atoms with van der Waals surface area (Å²) in [4.78, 5) is 0. The van der Waals surface area contributed by atoms with Gasteiger partial charge in [-0.3, -0.25) is 0 Å². The predicted molar refractivity (Wildman–Crippen MR) is 86.7 cm³/mol. The van der Waals surface area contributed by atoms with E-state index >= 15 is 0 Å². The van der Waals surface area contributed by atoms with Crippen LogP contribution in [0.25, 0.3) is 0 Å². The molecule has 0 aromatic carbocycles. The van der Waals surface area contributed by atoms with Crippen LogP contribution in [0.5, 0.6) is 0 Å². The van der Waals surface area contributed by atoms with Gasteiger partial charge in [0.05, 0.1) is 26.4 Å². The Labute approximate surface area is 133 Å². The number of ether oxygens (including phenoxy) is 4. The highest BCUT2D eigenvalue weighted by Crippen LogP contribution is 2.29. The summed E-state index contributed by atoms with van der Waals surface area (Å²) < 4.78 is 21.5. The lowest BCUT2D eigenvalue weighted by atomic mass is 9.83. The lowest BCUT2D eigenvalue weighted by Gasteiger charge is -2.28. The topological polar surface area (TPSA) is 36.9 Å². The molecule has 0 atom stereocenters. The van der Waals surface area contributed by atoms with Gasteiger partial charge in [0.1, 0.15) is 13.6 Å². The van der Waals surface area contributed by atoms with E-state index in [2.05, 4.69) is 25.3 Å². The van der Waals surface area contributed by atoms with E-state index in [4.69, 9.17) is 18.9 Å². The average molecular weight is 325 g/mol. The first-order valence-corrected chi connectivity index (χ1v) is 8.66. The lowest BCUT2D eigenvalue weighted by Crippen LogP contribution is -2.22. The Hall–Kier alpha value is 0.540. The molecule has 0 heterocycles. The zero-order valence-electron chi connectivity index (χ0n) is 12.2. The molecule has 0 bridgehead atoms. The molecule has 0 N–H and O–H groups in total. The van der Waals surface area contributed by atoms with Crippen molar-refractivity contribution in [1.29, 1.82) is 0 Å². The summed E-state index contributed by atoms with van der Waals surface area (Å²) in [6.45, 7) is 3.72. The monoisotopic (exact) mass is 324 g/mol. The fourth-order valence-corrected chi connectivity index (χ4v) is 2.62. The second-order valence-electron chi connectivity index (χ2n) is 5.13.